The number of carbonyl (C=O) groups is 1. The van der Waals surface area contributed by atoms with E-state index in [4.69, 9.17) is 9.47 Å². The van der Waals surface area contributed by atoms with Crippen molar-refractivity contribution in [2.45, 2.75) is 58.2 Å². The molecule has 1 aliphatic heterocycles. The Kier molecular flexibility index (Phi) is 5.88. The second kappa shape index (κ2) is 6.95. The molecule has 18 heavy (non-hydrogen) atoms. The fourth-order valence-electron chi connectivity index (χ4n) is 1.78. The van der Waals surface area contributed by atoms with Gasteiger partial charge in [0.25, 0.3) is 0 Å². The molecule has 1 saturated heterocycles. The van der Waals surface area contributed by atoms with E-state index in [2.05, 4.69) is 17.6 Å². The van der Waals surface area contributed by atoms with Crippen LogP contribution in [0.15, 0.2) is 0 Å². The minimum atomic E-state index is -0.445. The van der Waals surface area contributed by atoms with Gasteiger partial charge < -0.3 is 20.1 Å². The topological polar surface area (TPSA) is 59.6 Å². The van der Waals surface area contributed by atoms with E-state index in [-0.39, 0.29) is 12.1 Å². The number of rotatable bonds is 6. The minimum Gasteiger partial charge on any atom is -0.444 e. The van der Waals surface area contributed by atoms with Gasteiger partial charge in [-0.2, -0.15) is 0 Å². The van der Waals surface area contributed by atoms with E-state index in [1.807, 2.05) is 20.8 Å². The maximum atomic E-state index is 11.6. The van der Waals surface area contributed by atoms with Crippen LogP contribution in [-0.4, -0.2) is 43.5 Å². The Hall–Kier alpha value is -0.810. The number of alkyl carbamates (subject to hydrolysis) is 1. The highest BCUT2D eigenvalue weighted by atomic mass is 16.6. The minimum absolute atomic E-state index is 0.288. The fourth-order valence-corrected chi connectivity index (χ4v) is 1.78. The highest BCUT2D eigenvalue weighted by Crippen LogP contribution is 2.07. The zero-order valence-electron chi connectivity index (χ0n) is 11.9. The highest BCUT2D eigenvalue weighted by Gasteiger charge is 2.22. The van der Waals surface area contributed by atoms with Crippen LogP contribution in [0.5, 0.6) is 0 Å². The van der Waals surface area contributed by atoms with Crippen LogP contribution in [-0.2, 0) is 9.47 Å². The molecule has 1 unspecified atom stereocenters. The number of ether oxygens (including phenoxy) is 2. The molecule has 106 valence electrons. The third kappa shape index (κ3) is 6.21. The number of amides is 1. The molecule has 0 aromatic heterocycles. The lowest BCUT2D eigenvalue weighted by Gasteiger charge is -2.31. The molecular weight excluding hydrogens is 232 g/mol. The second-order valence-electron chi connectivity index (χ2n) is 5.77. The summed E-state index contributed by atoms with van der Waals surface area (Å²) in [5, 5.41) is 6.29. The molecule has 5 heteroatoms. The molecule has 1 fully saturated rings. The van der Waals surface area contributed by atoms with Gasteiger partial charge in [0.05, 0.1) is 19.3 Å². The molecule has 1 atom stereocenters. The van der Waals surface area contributed by atoms with Crippen LogP contribution in [0.1, 0.15) is 40.5 Å². The molecule has 5 nitrogen and oxygen atoms in total. The Morgan fingerprint density at radius 2 is 2.11 bits per heavy atom. The highest BCUT2D eigenvalue weighted by molar-refractivity contribution is 5.67. The van der Waals surface area contributed by atoms with Crippen molar-refractivity contribution in [1.82, 2.24) is 10.6 Å². The third-order valence-electron chi connectivity index (χ3n) is 2.64. The van der Waals surface area contributed by atoms with Crippen LogP contribution in [0.3, 0.4) is 0 Å². The van der Waals surface area contributed by atoms with E-state index >= 15 is 0 Å². The summed E-state index contributed by atoms with van der Waals surface area (Å²) in [5.74, 6) is 0. The molecule has 1 rings (SSSR count). The van der Waals surface area contributed by atoms with Crippen molar-refractivity contribution < 1.29 is 14.3 Å². The van der Waals surface area contributed by atoms with Crippen LogP contribution < -0.4 is 10.6 Å². The van der Waals surface area contributed by atoms with E-state index in [1.165, 1.54) is 0 Å². The molecule has 1 amide bonds. The second-order valence-corrected chi connectivity index (χ2v) is 5.77. The lowest BCUT2D eigenvalue weighted by atomic mass is 10.1. The molecule has 0 saturated carbocycles. The van der Waals surface area contributed by atoms with Crippen LogP contribution in [0, 0.1) is 0 Å². The first-order chi connectivity index (χ1) is 8.40. The number of nitrogens with one attached hydrogen (secondary N) is 2. The number of carbonyl (C=O) groups excluding carboxylic acids is 1. The van der Waals surface area contributed by atoms with Crippen molar-refractivity contribution in [3.05, 3.63) is 0 Å². The molecule has 0 aliphatic carbocycles. The molecule has 1 heterocycles. The van der Waals surface area contributed by atoms with Gasteiger partial charge in [0.2, 0.25) is 0 Å². The predicted octanol–water partition coefficient (Wildman–Crippen LogP) is 1.67. The molecule has 0 bridgehead atoms. The van der Waals surface area contributed by atoms with Crippen molar-refractivity contribution in [2.24, 2.45) is 0 Å². The summed E-state index contributed by atoms with van der Waals surface area (Å²) in [6, 6.07) is 0.721. The monoisotopic (exact) mass is 258 g/mol. The zero-order chi connectivity index (χ0) is 13.6. The fraction of sp³-hybridized carbons (Fsp3) is 0.923. The Balaban J connectivity index is 2.25. The quantitative estimate of drug-likeness (QED) is 0.761. The predicted molar refractivity (Wildman–Crippen MR) is 70.7 cm³/mol. The summed E-state index contributed by atoms with van der Waals surface area (Å²) in [7, 11) is 0. The van der Waals surface area contributed by atoms with Crippen molar-refractivity contribution in [3.8, 4) is 0 Å². The van der Waals surface area contributed by atoms with Crippen molar-refractivity contribution >= 4 is 6.09 Å². The van der Waals surface area contributed by atoms with Crippen LogP contribution >= 0.6 is 0 Å². The molecule has 0 aromatic carbocycles. The SMILES string of the molecule is CCCC(CNC(=O)OC(C)(C)C)NC1COC1. The molecule has 2 N–H and O–H groups in total. The third-order valence-corrected chi connectivity index (χ3v) is 2.64. The summed E-state index contributed by atoms with van der Waals surface area (Å²) in [4.78, 5) is 11.6. The molecule has 0 spiro atoms. The Morgan fingerprint density at radius 3 is 2.56 bits per heavy atom. The van der Waals surface area contributed by atoms with Crippen LogP contribution in [0.2, 0.25) is 0 Å². The Morgan fingerprint density at radius 1 is 1.44 bits per heavy atom. The van der Waals surface area contributed by atoms with Gasteiger partial charge in [0.15, 0.2) is 0 Å². The first-order valence-corrected chi connectivity index (χ1v) is 6.71. The van der Waals surface area contributed by atoms with Gasteiger partial charge in [-0.3, -0.25) is 0 Å². The molecular formula is C13H26N2O3. The van der Waals surface area contributed by atoms with E-state index in [1.54, 1.807) is 0 Å². The van der Waals surface area contributed by atoms with Gasteiger partial charge in [0, 0.05) is 12.6 Å². The van der Waals surface area contributed by atoms with Gasteiger partial charge in [-0.1, -0.05) is 13.3 Å². The van der Waals surface area contributed by atoms with Gasteiger partial charge >= 0.3 is 6.09 Å². The first kappa shape index (κ1) is 15.2. The van der Waals surface area contributed by atoms with E-state index in [0.717, 1.165) is 26.1 Å². The Labute approximate surface area is 110 Å². The van der Waals surface area contributed by atoms with E-state index in [0.29, 0.717) is 12.6 Å². The number of hydrogen-bond acceptors (Lipinski definition) is 4. The summed E-state index contributed by atoms with van der Waals surface area (Å²) in [6.45, 7) is 9.86. The van der Waals surface area contributed by atoms with Crippen molar-refractivity contribution in [2.75, 3.05) is 19.8 Å². The van der Waals surface area contributed by atoms with E-state index in [9.17, 15) is 4.79 Å². The van der Waals surface area contributed by atoms with Crippen molar-refractivity contribution in [3.63, 3.8) is 0 Å². The summed E-state index contributed by atoms with van der Waals surface area (Å²) in [6.07, 6.45) is 1.77. The summed E-state index contributed by atoms with van der Waals surface area (Å²) in [5.41, 5.74) is -0.445. The molecule has 1 aliphatic rings. The zero-order valence-corrected chi connectivity index (χ0v) is 11.9. The smallest absolute Gasteiger partial charge is 0.407 e. The lowest BCUT2D eigenvalue weighted by molar-refractivity contribution is -0.0106. The maximum absolute atomic E-state index is 11.6. The first-order valence-electron chi connectivity index (χ1n) is 6.71. The van der Waals surface area contributed by atoms with Crippen molar-refractivity contribution in [1.29, 1.82) is 0 Å². The number of hydrogen-bond donors (Lipinski definition) is 2. The summed E-state index contributed by atoms with van der Waals surface area (Å²) < 4.78 is 10.3. The van der Waals surface area contributed by atoms with Gasteiger partial charge in [0.1, 0.15) is 5.60 Å². The molecule has 0 radical (unpaired) electrons. The van der Waals surface area contributed by atoms with Gasteiger partial charge in [-0.15, -0.1) is 0 Å². The summed E-state index contributed by atoms with van der Waals surface area (Å²) >= 11 is 0. The maximum Gasteiger partial charge on any atom is 0.407 e. The van der Waals surface area contributed by atoms with Crippen LogP contribution in [0.4, 0.5) is 4.79 Å². The Bertz CT molecular complexity index is 259. The van der Waals surface area contributed by atoms with Gasteiger partial charge in [-0.25, -0.2) is 4.79 Å². The van der Waals surface area contributed by atoms with E-state index < -0.39 is 5.60 Å². The largest absolute Gasteiger partial charge is 0.444 e. The lowest BCUT2D eigenvalue weighted by Crippen LogP contribution is -2.53. The van der Waals surface area contributed by atoms with Gasteiger partial charge in [-0.05, 0) is 27.2 Å². The normalized spacial score (nSPS) is 18.0. The average Bonchev–Trinajstić information content (AvgIpc) is 2.17. The average molecular weight is 258 g/mol. The standard InChI is InChI=1S/C13H26N2O3/c1-5-6-10(15-11-8-17-9-11)7-14-12(16)18-13(2,3)4/h10-11,15H,5-9H2,1-4H3,(H,14,16). The van der Waals surface area contributed by atoms with Crippen LogP contribution in [0.25, 0.3) is 0 Å². The molecule has 0 aromatic rings.